The molecule has 2 aromatic rings. The number of piperazine rings is 1. The number of nitrogens with zero attached hydrogens (tertiary/aromatic N) is 7. The Kier molecular flexibility index (Phi) is 9.02. The SMILES string of the molecule is CN1CCN(Cc2cc3c(nc2C=O)N(C(=O)Nc2cc(NCC4CN(C)CCS4)c(C#N)cn2)CCC3)C(=O)C1. The van der Waals surface area contributed by atoms with Gasteiger partial charge in [0, 0.05) is 74.6 Å². The van der Waals surface area contributed by atoms with Crippen LogP contribution < -0.4 is 15.5 Å². The number of urea groups is 1. The highest BCUT2D eigenvalue weighted by Crippen LogP contribution is 2.29. The molecule has 0 radical (unpaired) electrons. The molecule has 0 saturated carbocycles. The maximum atomic E-state index is 13.4. The average Bonchev–Trinajstić information content (AvgIpc) is 2.97. The summed E-state index contributed by atoms with van der Waals surface area (Å²) in [5, 5.41) is 16.2. The first kappa shape index (κ1) is 28.8. The number of fused-ring (bicyclic) bond motifs is 1. The van der Waals surface area contributed by atoms with E-state index in [0.29, 0.717) is 79.1 Å². The van der Waals surface area contributed by atoms with Crippen LogP contribution in [0.4, 0.5) is 22.1 Å². The third-order valence-corrected chi connectivity index (χ3v) is 8.83. The number of likely N-dealkylation sites (N-methyl/N-ethyl adjacent to an activating group) is 1. The van der Waals surface area contributed by atoms with Crippen molar-refractivity contribution in [2.75, 3.05) is 81.2 Å². The van der Waals surface area contributed by atoms with Gasteiger partial charge in [0.05, 0.1) is 17.8 Å². The number of aromatic nitrogens is 2. The molecule has 0 aromatic carbocycles. The van der Waals surface area contributed by atoms with Gasteiger partial charge < -0.3 is 15.1 Å². The van der Waals surface area contributed by atoms with E-state index in [9.17, 15) is 19.6 Å². The van der Waals surface area contributed by atoms with Gasteiger partial charge in [0.2, 0.25) is 5.91 Å². The largest absolute Gasteiger partial charge is 0.383 e. The van der Waals surface area contributed by atoms with Crippen LogP contribution in [0.1, 0.15) is 33.6 Å². The van der Waals surface area contributed by atoms with Crippen molar-refractivity contribution in [1.82, 2.24) is 24.7 Å². The van der Waals surface area contributed by atoms with Crippen LogP contribution in [0.15, 0.2) is 18.3 Å². The molecule has 2 aromatic heterocycles. The van der Waals surface area contributed by atoms with Crippen LogP contribution in [-0.4, -0.2) is 114 Å². The monoisotopic (exact) mass is 577 g/mol. The molecule has 5 rings (SSSR count). The Bertz CT molecular complexity index is 1360. The zero-order chi connectivity index (χ0) is 28.9. The van der Waals surface area contributed by atoms with E-state index in [-0.39, 0.29) is 11.6 Å². The normalized spacial score (nSPS) is 19.8. The summed E-state index contributed by atoms with van der Waals surface area (Å²) in [7, 11) is 4.01. The molecule has 2 fully saturated rings. The lowest BCUT2D eigenvalue weighted by molar-refractivity contribution is -0.136. The Morgan fingerprint density at radius 2 is 2.07 bits per heavy atom. The fraction of sp³-hybridized carbons (Fsp3) is 0.500. The lowest BCUT2D eigenvalue weighted by Gasteiger charge is -2.33. The highest BCUT2D eigenvalue weighted by molar-refractivity contribution is 8.00. The third-order valence-electron chi connectivity index (χ3n) is 7.62. The van der Waals surface area contributed by atoms with Crippen molar-refractivity contribution in [3.8, 4) is 6.07 Å². The van der Waals surface area contributed by atoms with Gasteiger partial charge in [-0.3, -0.25) is 24.7 Å². The van der Waals surface area contributed by atoms with Crippen molar-refractivity contribution < 1.29 is 14.4 Å². The molecule has 12 nitrogen and oxygen atoms in total. The maximum Gasteiger partial charge on any atom is 0.328 e. The lowest BCUT2D eigenvalue weighted by Crippen LogP contribution is -2.48. The molecular weight excluding hydrogens is 542 g/mol. The van der Waals surface area contributed by atoms with Crippen LogP contribution in [0, 0.1) is 11.3 Å². The van der Waals surface area contributed by atoms with E-state index in [4.69, 9.17) is 0 Å². The molecule has 1 unspecified atom stereocenters. The first-order valence-corrected chi connectivity index (χ1v) is 14.9. The lowest BCUT2D eigenvalue weighted by atomic mass is 10.0. The highest BCUT2D eigenvalue weighted by atomic mass is 32.2. The minimum atomic E-state index is -0.412. The van der Waals surface area contributed by atoms with Gasteiger partial charge in [-0.25, -0.2) is 14.8 Å². The summed E-state index contributed by atoms with van der Waals surface area (Å²) in [6, 6.07) is 5.34. The van der Waals surface area contributed by atoms with Gasteiger partial charge in [-0.1, -0.05) is 0 Å². The van der Waals surface area contributed by atoms with Gasteiger partial charge in [0.1, 0.15) is 23.4 Å². The van der Waals surface area contributed by atoms with Crippen molar-refractivity contribution in [3.05, 3.63) is 40.7 Å². The zero-order valence-corrected chi connectivity index (χ0v) is 24.2. The number of carbonyl (C=O) groups excluding carboxylic acids is 3. The fourth-order valence-electron chi connectivity index (χ4n) is 5.33. The number of anilines is 3. The molecular formula is C28H35N9O3S. The average molecular weight is 578 g/mol. The minimum Gasteiger partial charge on any atom is -0.383 e. The topological polar surface area (TPSA) is 138 Å². The van der Waals surface area contributed by atoms with E-state index in [0.717, 1.165) is 37.4 Å². The Morgan fingerprint density at radius 3 is 2.83 bits per heavy atom. The van der Waals surface area contributed by atoms with Gasteiger partial charge >= 0.3 is 6.03 Å². The Labute approximate surface area is 244 Å². The summed E-state index contributed by atoms with van der Waals surface area (Å²) in [5.74, 6) is 1.84. The van der Waals surface area contributed by atoms with Crippen LogP contribution in [0.3, 0.4) is 0 Å². The summed E-state index contributed by atoms with van der Waals surface area (Å²) < 4.78 is 0. The fourth-order valence-corrected chi connectivity index (χ4v) is 6.64. The molecule has 0 spiro atoms. The van der Waals surface area contributed by atoms with Crippen LogP contribution in [0.2, 0.25) is 0 Å². The van der Waals surface area contributed by atoms with E-state index in [2.05, 4.69) is 38.6 Å². The number of hydrogen-bond donors (Lipinski definition) is 2. The predicted molar refractivity (Wildman–Crippen MR) is 158 cm³/mol. The van der Waals surface area contributed by atoms with Crippen molar-refractivity contribution in [2.45, 2.75) is 24.6 Å². The number of thioether (sulfide) groups is 1. The quantitative estimate of drug-likeness (QED) is 0.469. The number of rotatable bonds is 7. The van der Waals surface area contributed by atoms with Gasteiger partial charge in [-0.15, -0.1) is 0 Å². The number of carbonyl (C=O) groups is 3. The predicted octanol–water partition coefficient (Wildman–Crippen LogP) is 1.88. The summed E-state index contributed by atoms with van der Waals surface area (Å²) >= 11 is 1.91. The second kappa shape index (κ2) is 12.8. The van der Waals surface area contributed by atoms with Crippen molar-refractivity contribution in [3.63, 3.8) is 0 Å². The Balaban J connectivity index is 1.30. The number of aldehydes is 1. The molecule has 0 bridgehead atoms. The van der Waals surface area contributed by atoms with E-state index in [1.807, 2.05) is 29.8 Å². The van der Waals surface area contributed by atoms with Gasteiger partial charge in [-0.2, -0.15) is 17.0 Å². The van der Waals surface area contributed by atoms with Gasteiger partial charge in [0.25, 0.3) is 0 Å². The van der Waals surface area contributed by atoms with Gasteiger partial charge in [-0.05, 0) is 38.6 Å². The van der Waals surface area contributed by atoms with E-state index in [1.54, 1.807) is 11.0 Å². The molecule has 0 aliphatic carbocycles. The Hall–Kier alpha value is -3.73. The number of aryl methyl sites for hydroxylation is 1. The standard InChI is InChI=1S/C28H35N9O3S/c1-34-6-7-36(26(39)17-34)15-20-10-19-4-3-5-37(27(19)32-24(20)18-38)28(40)33-25-11-23(21(12-29)13-31-25)30-14-22-16-35(2)8-9-41-22/h10-11,13,18,22H,3-9,14-17H2,1-2H3,(H2,30,31,33,40). The number of hydrogen-bond acceptors (Lipinski definition) is 10. The third kappa shape index (κ3) is 6.78. The molecule has 3 amide bonds. The van der Waals surface area contributed by atoms with Crippen LogP contribution >= 0.6 is 11.8 Å². The van der Waals surface area contributed by atoms with E-state index >= 15 is 0 Å². The minimum absolute atomic E-state index is 0.0166. The van der Waals surface area contributed by atoms with E-state index < -0.39 is 6.03 Å². The summed E-state index contributed by atoms with van der Waals surface area (Å²) in [5.41, 5.74) is 2.80. The second-order valence-electron chi connectivity index (χ2n) is 10.7. The van der Waals surface area contributed by atoms with Gasteiger partial charge in [0.15, 0.2) is 6.29 Å². The molecule has 3 aliphatic rings. The molecule has 13 heteroatoms. The van der Waals surface area contributed by atoms with Crippen molar-refractivity contribution in [1.29, 1.82) is 5.26 Å². The Morgan fingerprint density at radius 1 is 1.22 bits per heavy atom. The summed E-state index contributed by atoms with van der Waals surface area (Å²) in [6.45, 7) is 5.18. The molecule has 216 valence electrons. The number of pyridine rings is 2. The van der Waals surface area contributed by atoms with Crippen molar-refractivity contribution in [2.24, 2.45) is 0 Å². The highest BCUT2D eigenvalue weighted by Gasteiger charge is 2.28. The molecule has 3 aliphatic heterocycles. The van der Waals surface area contributed by atoms with E-state index in [1.165, 1.54) is 11.1 Å². The van der Waals surface area contributed by atoms with Crippen LogP contribution in [0.25, 0.3) is 0 Å². The number of amides is 3. The number of nitrogens with one attached hydrogen (secondary N) is 2. The molecule has 5 heterocycles. The summed E-state index contributed by atoms with van der Waals surface area (Å²) in [6.07, 6.45) is 3.59. The maximum absolute atomic E-state index is 13.4. The molecule has 1 atom stereocenters. The number of nitriles is 1. The zero-order valence-electron chi connectivity index (χ0n) is 23.4. The van der Waals surface area contributed by atoms with Crippen LogP contribution in [-0.2, 0) is 17.8 Å². The first-order chi connectivity index (χ1) is 19.8. The summed E-state index contributed by atoms with van der Waals surface area (Å²) in [4.78, 5) is 54.3. The smallest absolute Gasteiger partial charge is 0.328 e. The molecule has 41 heavy (non-hydrogen) atoms. The second-order valence-corrected chi connectivity index (χ2v) is 12.1. The molecule has 2 N–H and O–H groups in total. The molecule has 2 saturated heterocycles. The first-order valence-electron chi connectivity index (χ1n) is 13.8. The van der Waals surface area contributed by atoms with Crippen LogP contribution in [0.5, 0.6) is 0 Å². The van der Waals surface area contributed by atoms with Crippen molar-refractivity contribution >= 4 is 47.3 Å².